The number of allylic oxidation sites excluding steroid dienone is 4. The summed E-state index contributed by atoms with van der Waals surface area (Å²) in [5.41, 5.74) is 12.1. The number of nitrogens with two attached hydrogens (primary N) is 1. The summed E-state index contributed by atoms with van der Waals surface area (Å²) in [5.74, 6) is 0.806. The minimum absolute atomic E-state index is 0.0728. The molecule has 0 radical (unpaired) electrons. The molecule has 3 N–H and O–H groups in total. The van der Waals surface area contributed by atoms with Crippen LogP contribution in [0.1, 0.15) is 62.3 Å². The second kappa shape index (κ2) is 10.2. The number of fused-ring (bicyclic) bond motifs is 1. The van der Waals surface area contributed by atoms with E-state index in [0.29, 0.717) is 35.7 Å². The van der Waals surface area contributed by atoms with Gasteiger partial charge < -0.3 is 15.9 Å². The molecule has 1 aliphatic heterocycles. The van der Waals surface area contributed by atoms with Gasteiger partial charge in [0.2, 0.25) is 0 Å². The van der Waals surface area contributed by atoms with E-state index in [2.05, 4.69) is 19.9 Å². The predicted octanol–water partition coefficient (Wildman–Crippen LogP) is 6.42. The van der Waals surface area contributed by atoms with Crippen molar-refractivity contribution in [3.8, 4) is 5.75 Å². The first-order valence-corrected chi connectivity index (χ1v) is 11.4. The lowest BCUT2D eigenvalue weighted by Gasteiger charge is -2.26. The van der Waals surface area contributed by atoms with Crippen molar-refractivity contribution >= 4 is 34.7 Å². The Balaban J connectivity index is 1.98. The number of benzene rings is 2. The van der Waals surface area contributed by atoms with Crippen molar-refractivity contribution in [1.82, 2.24) is 0 Å². The van der Waals surface area contributed by atoms with Crippen LogP contribution in [0.3, 0.4) is 0 Å². The van der Waals surface area contributed by atoms with Crippen molar-refractivity contribution in [2.75, 3.05) is 6.61 Å². The fourth-order valence-corrected chi connectivity index (χ4v) is 4.38. The third kappa shape index (κ3) is 4.81. The molecule has 1 aliphatic rings. The van der Waals surface area contributed by atoms with E-state index in [1.54, 1.807) is 6.07 Å². The number of nitrogens with one attached hydrogen (secondary N) is 1. The highest BCUT2D eigenvalue weighted by molar-refractivity contribution is 6.30. The first-order valence-electron chi connectivity index (χ1n) is 11.1. The van der Waals surface area contributed by atoms with Gasteiger partial charge >= 0.3 is 0 Å². The molecular weight excluding hydrogens is 420 g/mol. The average Bonchev–Trinajstić information content (AvgIpc) is 2.79. The van der Waals surface area contributed by atoms with E-state index in [1.165, 1.54) is 6.21 Å². The lowest BCUT2D eigenvalue weighted by atomic mass is 9.83. The number of ketones is 1. The van der Waals surface area contributed by atoms with E-state index in [4.69, 9.17) is 27.5 Å². The zero-order chi connectivity index (χ0) is 23.4. The van der Waals surface area contributed by atoms with Gasteiger partial charge in [-0.1, -0.05) is 56.6 Å². The van der Waals surface area contributed by atoms with Crippen LogP contribution in [-0.2, 0) is 11.2 Å². The number of Topliss-reactive ketones (excluding diaryl/α,β-unsaturated/α-hetero) is 1. The third-order valence-corrected chi connectivity index (χ3v) is 6.23. The van der Waals surface area contributed by atoms with Crippen molar-refractivity contribution in [3.63, 3.8) is 0 Å². The lowest BCUT2D eigenvalue weighted by molar-refractivity contribution is -0.118. The molecular formula is C27H31ClN2O2. The standard InChI is InChI=1S/C27H31ClN2O2/c1-5-21(27(31)19-11-18-12-20(28)8-10-26(18)32-15-19)22-9-7-17(13-23(22)16(3)4)24(14-29)25(30)6-2/h5,7-10,12-14,16,19,29H,6,11,15,30H2,1-4H3/b21-5+,25-24+,29-14?. The molecule has 0 saturated carbocycles. The number of carbonyl (C=O) groups is 1. The molecule has 0 fully saturated rings. The number of rotatable bonds is 7. The quantitative estimate of drug-likeness (QED) is 0.377. The van der Waals surface area contributed by atoms with Gasteiger partial charge in [-0.15, -0.1) is 0 Å². The van der Waals surface area contributed by atoms with E-state index < -0.39 is 0 Å². The van der Waals surface area contributed by atoms with Gasteiger partial charge in [0.25, 0.3) is 0 Å². The molecule has 0 saturated heterocycles. The summed E-state index contributed by atoms with van der Waals surface area (Å²) in [4.78, 5) is 13.6. The van der Waals surface area contributed by atoms with E-state index in [-0.39, 0.29) is 17.6 Å². The molecule has 168 valence electrons. The van der Waals surface area contributed by atoms with Crippen molar-refractivity contribution in [2.45, 2.75) is 46.5 Å². The lowest BCUT2D eigenvalue weighted by Crippen LogP contribution is -2.29. The minimum atomic E-state index is -0.264. The van der Waals surface area contributed by atoms with Gasteiger partial charge in [0.1, 0.15) is 5.75 Å². The summed E-state index contributed by atoms with van der Waals surface area (Å²) in [6.45, 7) is 8.45. The zero-order valence-corrected chi connectivity index (χ0v) is 19.9. The SMILES string of the molecule is C/C=C(/C(=O)C1COc2ccc(Cl)cc2C1)c1ccc(/C(C=N)=C(/N)CC)cc1C(C)C. The van der Waals surface area contributed by atoms with Crippen LogP contribution >= 0.6 is 11.6 Å². The van der Waals surface area contributed by atoms with E-state index >= 15 is 0 Å². The van der Waals surface area contributed by atoms with Crippen LogP contribution in [0.5, 0.6) is 5.75 Å². The second-order valence-electron chi connectivity index (χ2n) is 8.42. The molecule has 32 heavy (non-hydrogen) atoms. The van der Waals surface area contributed by atoms with E-state index in [1.807, 2.05) is 44.2 Å². The zero-order valence-electron chi connectivity index (χ0n) is 19.2. The number of carbonyl (C=O) groups excluding carboxylic acids is 1. The van der Waals surface area contributed by atoms with Crippen LogP contribution < -0.4 is 10.5 Å². The molecule has 0 spiro atoms. The van der Waals surface area contributed by atoms with Gasteiger partial charge in [-0.05, 0) is 66.1 Å². The summed E-state index contributed by atoms with van der Waals surface area (Å²) in [6.07, 6.45) is 4.48. The number of hydrogen-bond acceptors (Lipinski definition) is 4. The largest absolute Gasteiger partial charge is 0.493 e. The van der Waals surface area contributed by atoms with Gasteiger partial charge in [-0.2, -0.15) is 0 Å². The molecule has 0 amide bonds. The molecule has 2 aromatic carbocycles. The number of hydrogen-bond donors (Lipinski definition) is 2. The highest BCUT2D eigenvalue weighted by Crippen LogP contribution is 2.35. The molecule has 3 rings (SSSR count). The van der Waals surface area contributed by atoms with E-state index in [0.717, 1.165) is 33.6 Å². The fraction of sp³-hybridized carbons (Fsp3) is 0.333. The van der Waals surface area contributed by atoms with Gasteiger partial charge in [-0.3, -0.25) is 4.79 Å². The Hall–Kier alpha value is -2.85. The Morgan fingerprint density at radius 3 is 2.66 bits per heavy atom. The number of ether oxygens (including phenoxy) is 1. The van der Waals surface area contributed by atoms with Crippen molar-refractivity contribution in [1.29, 1.82) is 5.41 Å². The first kappa shape index (κ1) is 23.8. The van der Waals surface area contributed by atoms with Crippen LogP contribution in [0.25, 0.3) is 11.1 Å². The molecule has 0 aliphatic carbocycles. The molecule has 1 heterocycles. The van der Waals surface area contributed by atoms with Gasteiger partial charge in [0, 0.05) is 28.1 Å². The monoisotopic (exact) mass is 450 g/mol. The third-order valence-electron chi connectivity index (χ3n) is 6.00. The summed E-state index contributed by atoms with van der Waals surface area (Å²) in [6, 6.07) is 11.5. The smallest absolute Gasteiger partial charge is 0.169 e. The van der Waals surface area contributed by atoms with Crippen LogP contribution in [-0.4, -0.2) is 18.6 Å². The van der Waals surface area contributed by atoms with Gasteiger partial charge in [0.15, 0.2) is 5.78 Å². The van der Waals surface area contributed by atoms with E-state index in [9.17, 15) is 4.79 Å². The Kier molecular flexibility index (Phi) is 7.57. The highest BCUT2D eigenvalue weighted by atomic mass is 35.5. The molecule has 4 nitrogen and oxygen atoms in total. The van der Waals surface area contributed by atoms with Crippen LogP contribution in [0, 0.1) is 11.3 Å². The maximum Gasteiger partial charge on any atom is 0.169 e. The van der Waals surface area contributed by atoms with Crippen molar-refractivity contribution in [3.05, 3.63) is 75.4 Å². The number of halogens is 1. The highest BCUT2D eigenvalue weighted by Gasteiger charge is 2.29. The van der Waals surface area contributed by atoms with Gasteiger partial charge in [0.05, 0.1) is 12.5 Å². The fourth-order valence-electron chi connectivity index (χ4n) is 4.19. The maximum absolute atomic E-state index is 13.6. The Morgan fingerprint density at radius 2 is 2.03 bits per heavy atom. The Bertz CT molecular complexity index is 1100. The summed E-state index contributed by atoms with van der Waals surface area (Å²) in [5, 5.41) is 8.45. The Morgan fingerprint density at radius 1 is 1.28 bits per heavy atom. The Labute approximate surface area is 195 Å². The van der Waals surface area contributed by atoms with Crippen LogP contribution in [0.15, 0.2) is 48.2 Å². The molecule has 1 atom stereocenters. The normalized spacial score (nSPS) is 16.8. The summed E-state index contributed by atoms with van der Waals surface area (Å²) >= 11 is 6.15. The molecule has 1 unspecified atom stereocenters. The molecule has 0 bridgehead atoms. The van der Waals surface area contributed by atoms with Crippen molar-refractivity contribution in [2.24, 2.45) is 11.7 Å². The topological polar surface area (TPSA) is 76.2 Å². The predicted molar refractivity (Wildman–Crippen MR) is 134 cm³/mol. The summed E-state index contributed by atoms with van der Waals surface area (Å²) in [7, 11) is 0. The average molecular weight is 451 g/mol. The maximum atomic E-state index is 13.6. The van der Waals surface area contributed by atoms with Crippen LogP contribution in [0.4, 0.5) is 0 Å². The van der Waals surface area contributed by atoms with Crippen LogP contribution in [0.2, 0.25) is 5.02 Å². The molecule has 0 aromatic heterocycles. The first-order chi connectivity index (χ1) is 15.3. The van der Waals surface area contributed by atoms with Crippen molar-refractivity contribution < 1.29 is 9.53 Å². The molecule has 5 heteroatoms. The van der Waals surface area contributed by atoms with Gasteiger partial charge in [-0.25, -0.2) is 0 Å². The summed E-state index contributed by atoms with van der Waals surface area (Å²) < 4.78 is 5.87. The minimum Gasteiger partial charge on any atom is -0.493 e. The second-order valence-corrected chi connectivity index (χ2v) is 8.86. The molecule has 2 aromatic rings.